The number of piperidine rings is 1. The highest BCUT2D eigenvalue weighted by Gasteiger charge is 2.46. The summed E-state index contributed by atoms with van der Waals surface area (Å²) in [6, 6.07) is 7.10. The van der Waals surface area contributed by atoms with Crippen molar-refractivity contribution in [3.8, 4) is 5.75 Å². The molecule has 2 amide bonds. The highest BCUT2D eigenvalue weighted by Crippen LogP contribution is 2.38. The number of rotatable bonds is 3. The Kier molecular flexibility index (Phi) is 4.23. The Balaban J connectivity index is 1.74. The molecule has 23 heavy (non-hydrogen) atoms. The smallest absolute Gasteiger partial charge is 0.322 e. The SMILES string of the molecule is COc1ccccc1NC(=O)N1C2CCC1CC(S(C)(=O)=O)C2. The van der Waals surface area contributed by atoms with Crippen molar-refractivity contribution in [2.45, 2.75) is 43.0 Å². The highest BCUT2D eigenvalue weighted by atomic mass is 32.2. The van der Waals surface area contributed by atoms with Gasteiger partial charge in [0.2, 0.25) is 0 Å². The van der Waals surface area contributed by atoms with Crippen LogP contribution in [0.2, 0.25) is 0 Å². The molecule has 1 N–H and O–H groups in total. The fraction of sp³-hybridized carbons (Fsp3) is 0.562. The van der Waals surface area contributed by atoms with Crippen LogP contribution in [-0.2, 0) is 9.84 Å². The second kappa shape index (κ2) is 6.03. The zero-order chi connectivity index (χ0) is 16.6. The molecule has 0 aliphatic carbocycles. The van der Waals surface area contributed by atoms with Crippen molar-refractivity contribution in [3.05, 3.63) is 24.3 Å². The Bertz CT molecular complexity index is 690. The van der Waals surface area contributed by atoms with Crippen LogP contribution in [0.4, 0.5) is 10.5 Å². The molecule has 0 radical (unpaired) electrons. The van der Waals surface area contributed by atoms with Crippen LogP contribution in [-0.4, -0.2) is 50.0 Å². The summed E-state index contributed by atoms with van der Waals surface area (Å²) in [5.41, 5.74) is 0.629. The van der Waals surface area contributed by atoms with Crippen molar-refractivity contribution in [3.63, 3.8) is 0 Å². The van der Waals surface area contributed by atoms with Crippen molar-refractivity contribution in [2.24, 2.45) is 0 Å². The molecule has 2 unspecified atom stereocenters. The zero-order valence-electron chi connectivity index (χ0n) is 13.4. The Morgan fingerprint density at radius 2 is 1.83 bits per heavy atom. The number of carbonyl (C=O) groups excluding carboxylic acids is 1. The van der Waals surface area contributed by atoms with Crippen LogP contribution in [0, 0.1) is 0 Å². The van der Waals surface area contributed by atoms with Gasteiger partial charge >= 0.3 is 6.03 Å². The van der Waals surface area contributed by atoms with E-state index in [2.05, 4.69) is 5.32 Å². The second-order valence-electron chi connectivity index (χ2n) is 6.35. The van der Waals surface area contributed by atoms with Crippen LogP contribution >= 0.6 is 0 Å². The summed E-state index contributed by atoms with van der Waals surface area (Å²) in [6.45, 7) is 0. The first-order valence-electron chi connectivity index (χ1n) is 7.81. The van der Waals surface area contributed by atoms with E-state index >= 15 is 0 Å². The van der Waals surface area contributed by atoms with Crippen molar-refractivity contribution in [1.29, 1.82) is 0 Å². The van der Waals surface area contributed by atoms with E-state index in [0.717, 1.165) is 12.8 Å². The predicted molar refractivity (Wildman–Crippen MR) is 88.5 cm³/mol. The summed E-state index contributed by atoms with van der Waals surface area (Å²) < 4.78 is 28.9. The second-order valence-corrected chi connectivity index (χ2v) is 8.67. The molecule has 1 aromatic rings. The maximum absolute atomic E-state index is 12.7. The normalized spacial score (nSPS) is 26.9. The maximum Gasteiger partial charge on any atom is 0.322 e. The molecule has 1 aromatic carbocycles. The minimum atomic E-state index is -3.05. The van der Waals surface area contributed by atoms with E-state index in [1.165, 1.54) is 6.26 Å². The monoisotopic (exact) mass is 338 g/mol. The van der Waals surface area contributed by atoms with Crippen LogP contribution in [0.5, 0.6) is 5.75 Å². The number of hydrogen-bond donors (Lipinski definition) is 1. The highest BCUT2D eigenvalue weighted by molar-refractivity contribution is 7.91. The number of hydrogen-bond acceptors (Lipinski definition) is 4. The molecule has 0 saturated carbocycles. The lowest BCUT2D eigenvalue weighted by molar-refractivity contribution is 0.160. The largest absolute Gasteiger partial charge is 0.495 e. The summed E-state index contributed by atoms with van der Waals surface area (Å²) >= 11 is 0. The fourth-order valence-electron chi connectivity index (χ4n) is 3.74. The molecule has 2 heterocycles. The standard InChI is InChI=1S/C16H22N2O4S/c1-22-15-6-4-3-5-14(15)17-16(19)18-11-7-8-12(18)10-13(9-11)23(2,20)21/h3-6,11-13H,7-10H2,1-2H3,(H,17,19). The van der Waals surface area contributed by atoms with Crippen molar-refractivity contribution < 1.29 is 17.9 Å². The van der Waals surface area contributed by atoms with Gasteiger partial charge in [0.05, 0.1) is 18.0 Å². The number of fused-ring (bicyclic) bond motifs is 2. The lowest BCUT2D eigenvalue weighted by atomic mass is 10.0. The van der Waals surface area contributed by atoms with Gasteiger partial charge in [-0.3, -0.25) is 0 Å². The number of urea groups is 1. The van der Waals surface area contributed by atoms with E-state index in [0.29, 0.717) is 24.3 Å². The van der Waals surface area contributed by atoms with Gasteiger partial charge in [-0.05, 0) is 37.8 Å². The van der Waals surface area contributed by atoms with Gasteiger partial charge < -0.3 is 15.0 Å². The van der Waals surface area contributed by atoms with Crippen LogP contribution in [0.1, 0.15) is 25.7 Å². The molecule has 2 atom stereocenters. The van der Waals surface area contributed by atoms with Crippen LogP contribution in [0.15, 0.2) is 24.3 Å². The van der Waals surface area contributed by atoms with E-state index in [9.17, 15) is 13.2 Å². The summed E-state index contributed by atoms with van der Waals surface area (Å²) in [4.78, 5) is 14.5. The van der Waals surface area contributed by atoms with Gasteiger partial charge in [-0.2, -0.15) is 0 Å². The Hall–Kier alpha value is -1.76. The molecule has 2 saturated heterocycles. The van der Waals surface area contributed by atoms with Crippen molar-refractivity contribution in [1.82, 2.24) is 4.90 Å². The molecular formula is C16H22N2O4S. The number of sulfone groups is 1. The van der Waals surface area contributed by atoms with Gasteiger partial charge in [-0.25, -0.2) is 13.2 Å². The quantitative estimate of drug-likeness (QED) is 0.917. The van der Waals surface area contributed by atoms with E-state index in [4.69, 9.17) is 4.74 Å². The third-order valence-electron chi connectivity index (χ3n) is 4.88. The van der Waals surface area contributed by atoms with Crippen molar-refractivity contribution >= 4 is 21.6 Å². The minimum absolute atomic E-state index is 0.00295. The van der Waals surface area contributed by atoms with Gasteiger partial charge in [-0.1, -0.05) is 12.1 Å². The third-order valence-corrected chi connectivity index (χ3v) is 6.47. The van der Waals surface area contributed by atoms with Gasteiger partial charge in [0.25, 0.3) is 0 Å². The number of amides is 2. The molecule has 0 aromatic heterocycles. The Labute approximate surface area is 136 Å². The minimum Gasteiger partial charge on any atom is -0.495 e. The topological polar surface area (TPSA) is 75.7 Å². The molecule has 3 rings (SSSR count). The molecule has 2 aliphatic heterocycles. The first-order chi connectivity index (χ1) is 10.9. The van der Waals surface area contributed by atoms with Gasteiger partial charge in [0.15, 0.2) is 0 Å². The third kappa shape index (κ3) is 3.15. The Morgan fingerprint density at radius 1 is 1.22 bits per heavy atom. The molecule has 126 valence electrons. The molecule has 2 fully saturated rings. The summed E-state index contributed by atoms with van der Waals surface area (Å²) in [6.07, 6.45) is 4.11. The van der Waals surface area contributed by atoms with E-state index in [1.807, 2.05) is 17.0 Å². The molecule has 2 bridgehead atoms. The van der Waals surface area contributed by atoms with E-state index < -0.39 is 9.84 Å². The average Bonchev–Trinajstić information content (AvgIpc) is 2.77. The average molecular weight is 338 g/mol. The molecule has 7 heteroatoms. The number of carbonyl (C=O) groups is 1. The number of anilines is 1. The van der Waals surface area contributed by atoms with Gasteiger partial charge in [0, 0.05) is 18.3 Å². The molecular weight excluding hydrogens is 316 g/mol. The first-order valence-corrected chi connectivity index (χ1v) is 9.77. The lowest BCUT2D eigenvalue weighted by Gasteiger charge is -2.38. The van der Waals surface area contributed by atoms with Gasteiger partial charge in [-0.15, -0.1) is 0 Å². The van der Waals surface area contributed by atoms with E-state index in [1.54, 1.807) is 19.2 Å². The number of nitrogens with one attached hydrogen (secondary N) is 1. The molecule has 0 spiro atoms. The number of para-hydroxylation sites is 2. The summed E-state index contributed by atoms with van der Waals surface area (Å²) in [5, 5.41) is 2.57. The lowest BCUT2D eigenvalue weighted by Crippen LogP contribution is -2.51. The maximum atomic E-state index is 12.7. The van der Waals surface area contributed by atoms with Crippen LogP contribution in [0.3, 0.4) is 0 Å². The van der Waals surface area contributed by atoms with Crippen molar-refractivity contribution in [2.75, 3.05) is 18.7 Å². The van der Waals surface area contributed by atoms with Crippen LogP contribution in [0.25, 0.3) is 0 Å². The summed E-state index contributed by atoms with van der Waals surface area (Å²) in [5.74, 6) is 0.610. The molecule has 6 nitrogen and oxygen atoms in total. The number of methoxy groups -OCH3 is 1. The molecule has 2 aliphatic rings. The van der Waals surface area contributed by atoms with E-state index in [-0.39, 0.29) is 23.4 Å². The number of benzene rings is 1. The zero-order valence-corrected chi connectivity index (χ0v) is 14.2. The Morgan fingerprint density at radius 3 is 2.39 bits per heavy atom. The number of ether oxygens (including phenoxy) is 1. The predicted octanol–water partition coefficient (Wildman–Crippen LogP) is 2.27. The van der Waals surface area contributed by atoms with Gasteiger partial charge in [0.1, 0.15) is 15.6 Å². The number of nitrogens with zero attached hydrogens (tertiary/aromatic N) is 1. The first kappa shape index (κ1) is 16.1. The summed E-state index contributed by atoms with van der Waals surface area (Å²) in [7, 11) is -1.49. The van der Waals surface area contributed by atoms with Crippen LogP contribution < -0.4 is 10.1 Å². The fourth-order valence-corrected chi connectivity index (χ4v) is 4.88.